The minimum absolute atomic E-state index is 0.0202. The highest BCUT2D eigenvalue weighted by Gasteiger charge is 2.12. The minimum Gasteiger partial charge on any atom is -0.481 e. The van der Waals surface area contributed by atoms with Gasteiger partial charge in [0, 0.05) is 18.7 Å². The topological polar surface area (TPSA) is 75.6 Å². The van der Waals surface area contributed by atoms with Gasteiger partial charge in [-0.25, -0.2) is 4.79 Å². The molecule has 2 N–H and O–H groups in total. The first-order valence-corrected chi connectivity index (χ1v) is 5.67. The van der Waals surface area contributed by atoms with Crippen LogP contribution in [-0.4, -0.2) is 30.7 Å². The van der Waals surface area contributed by atoms with E-state index in [1.54, 1.807) is 24.3 Å². The Morgan fingerprint density at radius 1 is 1.39 bits per heavy atom. The van der Waals surface area contributed by atoms with E-state index in [4.69, 9.17) is 5.11 Å². The third-order valence-corrected chi connectivity index (χ3v) is 2.50. The molecule has 0 saturated heterocycles. The highest BCUT2D eigenvalue weighted by atomic mass is 16.5. The van der Waals surface area contributed by atoms with Crippen molar-refractivity contribution >= 4 is 17.6 Å². The lowest BCUT2D eigenvalue weighted by molar-refractivity contribution is -0.137. The zero-order valence-electron chi connectivity index (χ0n) is 10.5. The number of nitrogens with one attached hydrogen (secondary N) is 1. The van der Waals surface area contributed by atoms with E-state index in [-0.39, 0.29) is 12.3 Å². The van der Waals surface area contributed by atoms with Gasteiger partial charge in [0.1, 0.15) is 0 Å². The lowest BCUT2D eigenvalue weighted by Crippen LogP contribution is -2.16. The van der Waals surface area contributed by atoms with E-state index >= 15 is 0 Å². The number of hydrogen-bond donors (Lipinski definition) is 2. The number of methoxy groups -OCH3 is 1. The van der Waals surface area contributed by atoms with Crippen molar-refractivity contribution in [2.75, 3.05) is 19.0 Å². The van der Waals surface area contributed by atoms with Gasteiger partial charge in [-0.15, -0.1) is 0 Å². The highest BCUT2D eigenvalue weighted by Crippen LogP contribution is 2.16. The second kappa shape index (κ2) is 6.64. The van der Waals surface area contributed by atoms with Gasteiger partial charge in [0.15, 0.2) is 0 Å². The fourth-order valence-corrected chi connectivity index (χ4v) is 1.58. The number of carboxylic acid groups (broad SMARTS) is 1. The molecule has 0 fully saturated rings. The summed E-state index contributed by atoms with van der Waals surface area (Å²) >= 11 is 0. The summed E-state index contributed by atoms with van der Waals surface area (Å²) in [6, 6.07) is 6.98. The monoisotopic (exact) mass is 251 g/mol. The first-order valence-electron chi connectivity index (χ1n) is 5.67. The molecule has 0 bridgehead atoms. The molecule has 0 aliphatic heterocycles. The molecule has 98 valence electrons. The zero-order valence-corrected chi connectivity index (χ0v) is 10.5. The van der Waals surface area contributed by atoms with Crippen molar-refractivity contribution in [3.63, 3.8) is 0 Å². The Labute approximate surface area is 106 Å². The summed E-state index contributed by atoms with van der Waals surface area (Å²) in [5.74, 6) is -1.26. The summed E-state index contributed by atoms with van der Waals surface area (Å²) in [6.07, 6.45) is 0.0907. The molecule has 18 heavy (non-hydrogen) atoms. The molecule has 1 aromatic carbocycles. The van der Waals surface area contributed by atoms with Crippen molar-refractivity contribution in [2.45, 2.75) is 13.3 Å². The van der Waals surface area contributed by atoms with E-state index < -0.39 is 11.9 Å². The first kappa shape index (κ1) is 14.0. The summed E-state index contributed by atoms with van der Waals surface area (Å²) < 4.78 is 4.68. The van der Waals surface area contributed by atoms with Gasteiger partial charge in [-0.2, -0.15) is 0 Å². The minimum atomic E-state index is -0.828. The number of benzene rings is 1. The Morgan fingerprint density at radius 3 is 2.67 bits per heavy atom. The molecular weight excluding hydrogens is 234 g/mol. The SMILES string of the molecule is COC(=O)c1ccccc1NCC(C)CC(=O)O. The predicted octanol–water partition coefficient (Wildman–Crippen LogP) is 2.00. The maximum Gasteiger partial charge on any atom is 0.339 e. The number of anilines is 1. The Kier molecular flexibility index (Phi) is 5.17. The second-order valence-corrected chi connectivity index (χ2v) is 4.12. The summed E-state index contributed by atoms with van der Waals surface area (Å²) in [7, 11) is 1.33. The van der Waals surface area contributed by atoms with E-state index in [9.17, 15) is 9.59 Å². The summed E-state index contributed by atoms with van der Waals surface area (Å²) in [5.41, 5.74) is 1.10. The van der Waals surface area contributed by atoms with Crippen LogP contribution in [0.15, 0.2) is 24.3 Å². The molecule has 5 nitrogen and oxygen atoms in total. The van der Waals surface area contributed by atoms with Crippen molar-refractivity contribution in [1.82, 2.24) is 0 Å². The standard InChI is InChI=1S/C13H17NO4/c1-9(7-12(15)16)8-14-11-6-4-3-5-10(11)13(17)18-2/h3-6,9,14H,7-8H2,1-2H3,(H,15,16). The van der Waals surface area contributed by atoms with Crippen molar-refractivity contribution in [3.05, 3.63) is 29.8 Å². The lowest BCUT2D eigenvalue weighted by atomic mass is 10.1. The quantitative estimate of drug-likeness (QED) is 0.756. The van der Waals surface area contributed by atoms with E-state index in [1.165, 1.54) is 7.11 Å². The normalized spacial score (nSPS) is 11.7. The van der Waals surface area contributed by atoms with Gasteiger partial charge in [-0.1, -0.05) is 19.1 Å². The maximum absolute atomic E-state index is 11.5. The molecule has 0 heterocycles. The van der Waals surface area contributed by atoms with E-state index in [2.05, 4.69) is 10.1 Å². The summed E-state index contributed by atoms with van der Waals surface area (Å²) in [5, 5.41) is 11.7. The first-order chi connectivity index (χ1) is 8.54. The largest absolute Gasteiger partial charge is 0.481 e. The van der Waals surface area contributed by atoms with E-state index in [0.717, 1.165) is 0 Å². The van der Waals surface area contributed by atoms with Gasteiger partial charge in [-0.3, -0.25) is 4.79 Å². The van der Waals surface area contributed by atoms with Gasteiger partial charge in [0.2, 0.25) is 0 Å². The maximum atomic E-state index is 11.5. The van der Waals surface area contributed by atoms with Gasteiger partial charge >= 0.3 is 11.9 Å². The van der Waals surface area contributed by atoms with Crippen LogP contribution in [0.2, 0.25) is 0 Å². The number of para-hydroxylation sites is 1. The zero-order chi connectivity index (χ0) is 13.5. The van der Waals surface area contributed by atoms with Gasteiger partial charge in [0.05, 0.1) is 12.7 Å². The number of carboxylic acids is 1. The molecule has 1 rings (SSSR count). The Morgan fingerprint density at radius 2 is 2.06 bits per heavy atom. The molecule has 0 spiro atoms. The fourth-order valence-electron chi connectivity index (χ4n) is 1.58. The Balaban J connectivity index is 2.67. The lowest BCUT2D eigenvalue weighted by Gasteiger charge is -2.13. The van der Waals surface area contributed by atoms with Crippen molar-refractivity contribution in [3.8, 4) is 0 Å². The molecule has 0 saturated carbocycles. The molecular formula is C13H17NO4. The smallest absolute Gasteiger partial charge is 0.339 e. The molecule has 0 aliphatic carbocycles. The number of hydrogen-bond acceptors (Lipinski definition) is 4. The third-order valence-electron chi connectivity index (χ3n) is 2.50. The van der Waals surface area contributed by atoms with Gasteiger partial charge < -0.3 is 15.2 Å². The number of ether oxygens (including phenoxy) is 1. The number of carbonyl (C=O) groups excluding carboxylic acids is 1. The van der Waals surface area contributed by atoms with Crippen LogP contribution in [0.5, 0.6) is 0 Å². The van der Waals surface area contributed by atoms with Crippen LogP contribution in [0.4, 0.5) is 5.69 Å². The molecule has 0 aliphatic rings. The molecule has 0 radical (unpaired) electrons. The molecule has 1 unspecified atom stereocenters. The fraction of sp³-hybridized carbons (Fsp3) is 0.385. The van der Waals surface area contributed by atoms with Gasteiger partial charge in [-0.05, 0) is 18.1 Å². The third kappa shape index (κ3) is 4.08. The summed E-state index contributed by atoms with van der Waals surface area (Å²) in [4.78, 5) is 22.0. The van der Waals surface area contributed by atoms with Crippen molar-refractivity contribution in [1.29, 1.82) is 0 Å². The van der Waals surface area contributed by atoms with Crippen LogP contribution >= 0.6 is 0 Å². The molecule has 1 aromatic rings. The van der Waals surface area contributed by atoms with Crippen LogP contribution in [-0.2, 0) is 9.53 Å². The van der Waals surface area contributed by atoms with E-state index in [1.807, 2.05) is 6.92 Å². The molecule has 0 aromatic heterocycles. The number of esters is 1. The Bertz CT molecular complexity index is 431. The highest BCUT2D eigenvalue weighted by molar-refractivity contribution is 5.95. The van der Waals surface area contributed by atoms with Crippen LogP contribution in [0.25, 0.3) is 0 Å². The van der Waals surface area contributed by atoms with Crippen LogP contribution in [0, 0.1) is 5.92 Å². The summed E-state index contributed by atoms with van der Waals surface area (Å²) in [6.45, 7) is 2.32. The van der Waals surface area contributed by atoms with Crippen LogP contribution in [0.3, 0.4) is 0 Å². The number of carbonyl (C=O) groups is 2. The van der Waals surface area contributed by atoms with Crippen LogP contribution < -0.4 is 5.32 Å². The Hall–Kier alpha value is -2.04. The van der Waals surface area contributed by atoms with Gasteiger partial charge in [0.25, 0.3) is 0 Å². The molecule has 0 amide bonds. The van der Waals surface area contributed by atoms with E-state index in [0.29, 0.717) is 17.8 Å². The predicted molar refractivity (Wildman–Crippen MR) is 67.7 cm³/mol. The molecule has 5 heteroatoms. The second-order valence-electron chi connectivity index (χ2n) is 4.12. The molecule has 1 atom stereocenters. The van der Waals surface area contributed by atoms with Crippen molar-refractivity contribution < 1.29 is 19.4 Å². The average molecular weight is 251 g/mol. The average Bonchev–Trinajstić information content (AvgIpc) is 2.35. The van der Waals surface area contributed by atoms with Crippen LogP contribution in [0.1, 0.15) is 23.7 Å². The number of rotatable bonds is 6. The number of aliphatic carboxylic acids is 1. The van der Waals surface area contributed by atoms with Crippen molar-refractivity contribution in [2.24, 2.45) is 5.92 Å².